The van der Waals surface area contributed by atoms with Crippen LogP contribution in [0.25, 0.3) is 0 Å². The van der Waals surface area contributed by atoms with Gasteiger partial charge in [-0.2, -0.15) is 0 Å². The van der Waals surface area contributed by atoms with E-state index in [9.17, 15) is 9.59 Å². The SMILES string of the molecule is O=C(OCCC1CCC(OC(=O)c2ccccc2)CC1)c1ccccc1. The van der Waals surface area contributed by atoms with E-state index in [-0.39, 0.29) is 18.0 Å². The predicted molar refractivity (Wildman–Crippen MR) is 98.9 cm³/mol. The van der Waals surface area contributed by atoms with Gasteiger partial charge in [0, 0.05) is 0 Å². The van der Waals surface area contributed by atoms with Crippen LogP contribution in [0.3, 0.4) is 0 Å². The van der Waals surface area contributed by atoms with Gasteiger partial charge >= 0.3 is 11.9 Å². The minimum Gasteiger partial charge on any atom is -0.462 e. The van der Waals surface area contributed by atoms with Crippen LogP contribution in [0.15, 0.2) is 60.7 Å². The molecule has 1 aliphatic rings. The smallest absolute Gasteiger partial charge is 0.338 e. The molecule has 0 N–H and O–H groups in total. The van der Waals surface area contributed by atoms with Crippen LogP contribution in [0.1, 0.15) is 52.8 Å². The van der Waals surface area contributed by atoms with Crippen molar-refractivity contribution in [2.24, 2.45) is 5.92 Å². The molecule has 0 amide bonds. The number of benzene rings is 2. The van der Waals surface area contributed by atoms with Gasteiger partial charge in [0.1, 0.15) is 6.10 Å². The maximum atomic E-state index is 12.1. The summed E-state index contributed by atoms with van der Waals surface area (Å²) in [5.74, 6) is 0.00664. The molecule has 4 heteroatoms. The Morgan fingerprint density at radius 3 is 1.88 bits per heavy atom. The van der Waals surface area contributed by atoms with Gasteiger partial charge in [-0.1, -0.05) is 36.4 Å². The van der Waals surface area contributed by atoms with Gasteiger partial charge in [0.25, 0.3) is 0 Å². The van der Waals surface area contributed by atoms with E-state index < -0.39 is 0 Å². The third-order valence-electron chi connectivity index (χ3n) is 4.85. The Balaban J connectivity index is 1.35. The third-order valence-corrected chi connectivity index (χ3v) is 4.85. The molecule has 0 heterocycles. The van der Waals surface area contributed by atoms with Gasteiger partial charge in [-0.05, 0) is 62.3 Å². The summed E-state index contributed by atoms with van der Waals surface area (Å²) < 4.78 is 11.0. The summed E-state index contributed by atoms with van der Waals surface area (Å²) in [6, 6.07) is 18.2. The number of carbonyl (C=O) groups excluding carboxylic acids is 2. The maximum Gasteiger partial charge on any atom is 0.338 e. The summed E-state index contributed by atoms with van der Waals surface area (Å²) in [6.07, 6.45) is 4.58. The highest BCUT2D eigenvalue weighted by Gasteiger charge is 2.24. The Kier molecular flexibility index (Phi) is 6.42. The number of hydrogen-bond donors (Lipinski definition) is 0. The molecule has 0 aliphatic heterocycles. The number of carbonyl (C=O) groups is 2. The van der Waals surface area contributed by atoms with Crippen LogP contribution in [0.4, 0.5) is 0 Å². The van der Waals surface area contributed by atoms with Crippen LogP contribution in [-0.2, 0) is 9.47 Å². The first-order valence-corrected chi connectivity index (χ1v) is 9.20. The molecule has 0 spiro atoms. The lowest BCUT2D eigenvalue weighted by Gasteiger charge is -2.28. The molecule has 4 nitrogen and oxygen atoms in total. The van der Waals surface area contributed by atoms with E-state index in [1.165, 1.54) is 0 Å². The fourth-order valence-electron chi connectivity index (χ4n) is 3.31. The number of esters is 2. The molecule has 1 fully saturated rings. The molecular weight excluding hydrogens is 328 g/mol. The Hall–Kier alpha value is -2.62. The Morgan fingerprint density at radius 1 is 0.769 bits per heavy atom. The average molecular weight is 352 g/mol. The van der Waals surface area contributed by atoms with Crippen LogP contribution >= 0.6 is 0 Å². The molecule has 2 aromatic carbocycles. The van der Waals surface area contributed by atoms with Gasteiger partial charge in [-0.3, -0.25) is 0 Å². The largest absolute Gasteiger partial charge is 0.462 e. The molecule has 0 radical (unpaired) electrons. The van der Waals surface area contributed by atoms with Crippen molar-refractivity contribution in [3.05, 3.63) is 71.8 Å². The lowest BCUT2D eigenvalue weighted by Crippen LogP contribution is -2.25. The second-order valence-electron chi connectivity index (χ2n) is 6.70. The van der Waals surface area contributed by atoms with E-state index >= 15 is 0 Å². The molecule has 0 atom stereocenters. The Labute approximate surface area is 154 Å². The normalized spacial score (nSPS) is 19.5. The zero-order valence-corrected chi connectivity index (χ0v) is 14.8. The van der Waals surface area contributed by atoms with Crippen molar-refractivity contribution in [3.8, 4) is 0 Å². The van der Waals surface area contributed by atoms with Crippen molar-refractivity contribution in [2.45, 2.75) is 38.2 Å². The quantitative estimate of drug-likeness (QED) is 0.710. The molecule has 0 bridgehead atoms. The minimum absolute atomic E-state index is 0.00850. The molecular formula is C22H24O4. The Bertz CT molecular complexity index is 703. The van der Waals surface area contributed by atoms with Gasteiger partial charge in [0.15, 0.2) is 0 Å². The zero-order valence-electron chi connectivity index (χ0n) is 14.8. The maximum absolute atomic E-state index is 12.1. The highest BCUT2D eigenvalue weighted by molar-refractivity contribution is 5.89. The second kappa shape index (κ2) is 9.18. The second-order valence-corrected chi connectivity index (χ2v) is 6.70. The van der Waals surface area contributed by atoms with E-state index in [2.05, 4.69) is 0 Å². The first-order valence-electron chi connectivity index (χ1n) is 9.20. The van der Waals surface area contributed by atoms with E-state index in [4.69, 9.17) is 9.47 Å². The van der Waals surface area contributed by atoms with Gasteiger partial charge in [0.2, 0.25) is 0 Å². The summed E-state index contributed by atoms with van der Waals surface area (Å²) in [6.45, 7) is 0.437. The van der Waals surface area contributed by atoms with Crippen molar-refractivity contribution in [1.82, 2.24) is 0 Å². The summed E-state index contributed by atoms with van der Waals surface area (Å²) in [7, 11) is 0. The highest BCUT2D eigenvalue weighted by atomic mass is 16.5. The summed E-state index contributed by atoms with van der Waals surface area (Å²) in [5.41, 5.74) is 1.19. The average Bonchev–Trinajstić information content (AvgIpc) is 2.70. The highest BCUT2D eigenvalue weighted by Crippen LogP contribution is 2.29. The Morgan fingerprint density at radius 2 is 1.31 bits per heavy atom. The van der Waals surface area contributed by atoms with Crippen molar-refractivity contribution in [2.75, 3.05) is 6.61 Å². The van der Waals surface area contributed by atoms with E-state index in [1.807, 2.05) is 36.4 Å². The van der Waals surface area contributed by atoms with Gasteiger partial charge < -0.3 is 9.47 Å². The first kappa shape index (κ1) is 18.2. The minimum atomic E-state index is -0.268. The molecule has 1 aliphatic carbocycles. The predicted octanol–water partition coefficient (Wildman–Crippen LogP) is 4.65. The van der Waals surface area contributed by atoms with Crippen molar-refractivity contribution < 1.29 is 19.1 Å². The monoisotopic (exact) mass is 352 g/mol. The van der Waals surface area contributed by atoms with E-state index in [0.717, 1.165) is 32.1 Å². The van der Waals surface area contributed by atoms with E-state index in [1.54, 1.807) is 24.3 Å². The number of hydrogen-bond acceptors (Lipinski definition) is 4. The van der Waals surface area contributed by atoms with Gasteiger partial charge in [0.05, 0.1) is 17.7 Å². The van der Waals surface area contributed by atoms with Crippen molar-refractivity contribution in [1.29, 1.82) is 0 Å². The topological polar surface area (TPSA) is 52.6 Å². The molecule has 0 saturated heterocycles. The molecule has 136 valence electrons. The fourth-order valence-corrected chi connectivity index (χ4v) is 3.31. The first-order chi connectivity index (χ1) is 12.7. The zero-order chi connectivity index (χ0) is 18.2. The molecule has 2 aromatic rings. The number of ether oxygens (including phenoxy) is 2. The van der Waals surface area contributed by atoms with Crippen LogP contribution in [0.2, 0.25) is 0 Å². The van der Waals surface area contributed by atoms with E-state index in [0.29, 0.717) is 23.7 Å². The lowest BCUT2D eigenvalue weighted by atomic mass is 9.85. The van der Waals surface area contributed by atoms with Gasteiger partial charge in [-0.15, -0.1) is 0 Å². The summed E-state index contributed by atoms with van der Waals surface area (Å²) >= 11 is 0. The summed E-state index contributed by atoms with van der Waals surface area (Å²) in [4.78, 5) is 24.0. The van der Waals surface area contributed by atoms with Crippen LogP contribution in [0.5, 0.6) is 0 Å². The van der Waals surface area contributed by atoms with Crippen LogP contribution in [0, 0.1) is 5.92 Å². The molecule has 3 rings (SSSR count). The molecule has 0 aromatic heterocycles. The molecule has 1 saturated carbocycles. The number of rotatable bonds is 6. The van der Waals surface area contributed by atoms with Crippen molar-refractivity contribution >= 4 is 11.9 Å². The third kappa shape index (κ3) is 5.19. The van der Waals surface area contributed by atoms with Crippen LogP contribution < -0.4 is 0 Å². The fraction of sp³-hybridized carbons (Fsp3) is 0.364. The lowest BCUT2D eigenvalue weighted by molar-refractivity contribution is 0.0138. The van der Waals surface area contributed by atoms with Crippen molar-refractivity contribution in [3.63, 3.8) is 0 Å². The molecule has 0 unspecified atom stereocenters. The standard InChI is InChI=1S/C22H24O4/c23-21(18-7-3-1-4-8-18)25-16-15-17-11-13-20(14-12-17)26-22(24)19-9-5-2-6-10-19/h1-10,17,20H,11-16H2. The van der Waals surface area contributed by atoms with Gasteiger partial charge in [-0.25, -0.2) is 9.59 Å². The van der Waals surface area contributed by atoms with Crippen LogP contribution in [-0.4, -0.2) is 24.6 Å². The molecule has 26 heavy (non-hydrogen) atoms. The summed E-state index contributed by atoms with van der Waals surface area (Å²) in [5, 5.41) is 0.